The van der Waals surface area contributed by atoms with Crippen LogP contribution in [0.3, 0.4) is 0 Å². The third-order valence-corrected chi connectivity index (χ3v) is 8.15. The molecule has 0 aliphatic heterocycles. The Morgan fingerprint density at radius 2 is 1.52 bits per heavy atom. The number of para-hydroxylation sites is 1. The van der Waals surface area contributed by atoms with Gasteiger partial charge in [-0.2, -0.15) is 0 Å². The van der Waals surface area contributed by atoms with Crippen LogP contribution in [0.4, 0.5) is 11.4 Å². The molecule has 0 saturated heterocycles. The SMILES string of the molecule is C=C(/C=C(N=C(C)c1ccccc1)/C(/C=C\C)=C/C)N(c1ccc2sc3ccccc3c2c1)c1ccccc1C. The molecule has 0 fully saturated rings. The van der Waals surface area contributed by atoms with Crippen molar-refractivity contribution < 1.29 is 0 Å². The van der Waals surface area contributed by atoms with Crippen molar-refractivity contribution >= 4 is 48.6 Å². The normalized spacial score (nSPS) is 12.9. The number of thiophene rings is 1. The standard InChI is InChI=1S/C37H34N2S/c1-6-15-29(7-2)34(38-28(5)30-17-9-8-10-18-30)24-27(4)39(35-20-13-11-16-26(35)3)31-22-23-37-33(25-31)32-19-12-14-21-36(32)40-37/h6-25H,4H2,1-3,5H3/b15-6-,29-7+,34-24-,38-28?. The maximum absolute atomic E-state index is 5.12. The number of anilines is 2. The molecule has 0 N–H and O–H groups in total. The second-order valence-electron chi connectivity index (χ2n) is 9.73. The van der Waals surface area contributed by atoms with E-state index in [2.05, 4.69) is 122 Å². The minimum Gasteiger partial charge on any atom is -0.311 e. The molecule has 2 nitrogen and oxygen atoms in total. The van der Waals surface area contributed by atoms with E-state index in [4.69, 9.17) is 4.99 Å². The van der Waals surface area contributed by atoms with Gasteiger partial charge in [0.1, 0.15) is 0 Å². The Bertz CT molecular complexity index is 1800. The van der Waals surface area contributed by atoms with Crippen LogP contribution < -0.4 is 4.90 Å². The highest BCUT2D eigenvalue weighted by Crippen LogP contribution is 2.39. The first-order chi connectivity index (χ1) is 19.5. The lowest BCUT2D eigenvalue weighted by molar-refractivity contribution is 1.18. The molecule has 5 rings (SSSR count). The van der Waals surface area contributed by atoms with Crippen LogP contribution in [0.2, 0.25) is 0 Å². The number of rotatable bonds is 8. The largest absolute Gasteiger partial charge is 0.311 e. The van der Waals surface area contributed by atoms with Crippen LogP contribution in [0.1, 0.15) is 31.9 Å². The van der Waals surface area contributed by atoms with E-state index in [0.29, 0.717) is 0 Å². The minimum atomic E-state index is 0.844. The Kier molecular flexibility index (Phi) is 8.23. The van der Waals surface area contributed by atoms with Crippen LogP contribution in [0.5, 0.6) is 0 Å². The molecule has 0 unspecified atom stereocenters. The second-order valence-corrected chi connectivity index (χ2v) is 10.8. The molecular formula is C37H34N2S. The van der Waals surface area contributed by atoms with Crippen molar-refractivity contribution in [1.82, 2.24) is 0 Å². The second kappa shape index (κ2) is 12.1. The van der Waals surface area contributed by atoms with E-state index in [0.717, 1.165) is 39.6 Å². The molecule has 0 aliphatic rings. The molecule has 0 bridgehead atoms. The summed E-state index contributed by atoms with van der Waals surface area (Å²) in [5.41, 5.74) is 8.16. The van der Waals surface area contributed by atoms with E-state index in [1.165, 1.54) is 25.7 Å². The molecular weight excluding hydrogens is 504 g/mol. The zero-order chi connectivity index (χ0) is 28.1. The van der Waals surface area contributed by atoms with Gasteiger partial charge in [-0.1, -0.05) is 91.5 Å². The fourth-order valence-electron chi connectivity index (χ4n) is 4.96. The van der Waals surface area contributed by atoms with Gasteiger partial charge in [-0.05, 0) is 80.8 Å². The van der Waals surface area contributed by atoms with Crippen molar-refractivity contribution in [3.8, 4) is 0 Å². The summed E-state index contributed by atoms with van der Waals surface area (Å²) in [6.45, 7) is 12.9. The van der Waals surface area contributed by atoms with Crippen molar-refractivity contribution in [1.29, 1.82) is 0 Å². The molecule has 0 spiro atoms. The first-order valence-corrected chi connectivity index (χ1v) is 14.4. The van der Waals surface area contributed by atoms with E-state index < -0.39 is 0 Å². The maximum atomic E-state index is 5.12. The predicted octanol–water partition coefficient (Wildman–Crippen LogP) is 10.9. The number of hydrogen-bond acceptors (Lipinski definition) is 3. The average molecular weight is 539 g/mol. The monoisotopic (exact) mass is 538 g/mol. The summed E-state index contributed by atoms with van der Waals surface area (Å²) in [7, 11) is 0. The summed E-state index contributed by atoms with van der Waals surface area (Å²) in [6.07, 6.45) is 8.35. The minimum absolute atomic E-state index is 0.844. The number of nitrogens with zero attached hydrogens (tertiary/aromatic N) is 2. The summed E-state index contributed by atoms with van der Waals surface area (Å²) in [4.78, 5) is 7.37. The lowest BCUT2D eigenvalue weighted by atomic mass is 10.1. The van der Waals surface area contributed by atoms with Crippen LogP contribution in [0.25, 0.3) is 20.2 Å². The number of aliphatic imine (C=N–C) groups is 1. The van der Waals surface area contributed by atoms with Crippen LogP contribution in [0.15, 0.2) is 150 Å². The molecule has 1 aromatic heterocycles. The van der Waals surface area contributed by atoms with Gasteiger partial charge >= 0.3 is 0 Å². The fraction of sp³-hybridized carbons (Fsp3) is 0.108. The van der Waals surface area contributed by atoms with E-state index in [-0.39, 0.29) is 0 Å². The molecule has 0 radical (unpaired) electrons. The van der Waals surface area contributed by atoms with Crippen LogP contribution >= 0.6 is 11.3 Å². The smallest absolute Gasteiger partial charge is 0.0722 e. The highest BCUT2D eigenvalue weighted by Gasteiger charge is 2.17. The molecule has 0 amide bonds. The molecule has 198 valence electrons. The summed E-state index contributed by atoms with van der Waals surface area (Å²) < 4.78 is 2.58. The van der Waals surface area contributed by atoms with Crippen molar-refractivity contribution in [2.45, 2.75) is 27.7 Å². The first kappa shape index (κ1) is 27.1. The van der Waals surface area contributed by atoms with E-state index in [9.17, 15) is 0 Å². The highest BCUT2D eigenvalue weighted by atomic mass is 32.1. The first-order valence-electron chi connectivity index (χ1n) is 13.6. The van der Waals surface area contributed by atoms with Gasteiger partial charge in [-0.15, -0.1) is 11.3 Å². The molecule has 3 heteroatoms. The number of hydrogen-bond donors (Lipinski definition) is 0. The van der Waals surface area contributed by atoms with Crippen LogP contribution in [-0.2, 0) is 0 Å². The number of allylic oxidation sites excluding steroid dienone is 4. The zero-order valence-electron chi connectivity index (χ0n) is 23.6. The van der Waals surface area contributed by atoms with Gasteiger partial charge in [0.15, 0.2) is 0 Å². The van der Waals surface area contributed by atoms with Crippen molar-refractivity contribution in [3.05, 3.63) is 156 Å². The Hall–Kier alpha value is -4.47. The van der Waals surface area contributed by atoms with E-state index in [1.807, 2.05) is 49.5 Å². The van der Waals surface area contributed by atoms with Gasteiger partial charge < -0.3 is 4.90 Å². The topological polar surface area (TPSA) is 15.6 Å². The molecule has 4 aromatic carbocycles. The lowest BCUT2D eigenvalue weighted by Gasteiger charge is -2.28. The van der Waals surface area contributed by atoms with Crippen LogP contribution in [-0.4, -0.2) is 5.71 Å². The molecule has 0 saturated carbocycles. The molecule has 1 heterocycles. The molecule has 0 aliphatic carbocycles. The third-order valence-electron chi connectivity index (χ3n) is 7.00. The maximum Gasteiger partial charge on any atom is 0.0722 e. The third kappa shape index (κ3) is 5.61. The van der Waals surface area contributed by atoms with Gasteiger partial charge in [0.05, 0.1) is 5.70 Å². The van der Waals surface area contributed by atoms with Crippen molar-refractivity contribution in [2.24, 2.45) is 4.99 Å². The quantitative estimate of drug-likeness (QED) is 0.142. The van der Waals surface area contributed by atoms with Gasteiger partial charge in [0, 0.05) is 43.0 Å². The van der Waals surface area contributed by atoms with Crippen LogP contribution in [0, 0.1) is 6.92 Å². The number of aryl methyl sites for hydroxylation is 1. The Labute approximate surface area is 241 Å². The highest BCUT2D eigenvalue weighted by molar-refractivity contribution is 7.25. The Morgan fingerprint density at radius 3 is 2.27 bits per heavy atom. The van der Waals surface area contributed by atoms with Crippen molar-refractivity contribution in [2.75, 3.05) is 4.90 Å². The Morgan fingerprint density at radius 1 is 0.825 bits per heavy atom. The van der Waals surface area contributed by atoms with E-state index in [1.54, 1.807) is 0 Å². The Balaban J connectivity index is 1.68. The molecule has 5 aromatic rings. The summed E-state index contributed by atoms with van der Waals surface area (Å²) >= 11 is 1.83. The predicted molar refractivity (Wildman–Crippen MR) is 177 cm³/mol. The van der Waals surface area contributed by atoms with Crippen molar-refractivity contribution in [3.63, 3.8) is 0 Å². The number of fused-ring (bicyclic) bond motifs is 3. The van der Waals surface area contributed by atoms with Gasteiger partial charge in [0.25, 0.3) is 0 Å². The summed E-state index contributed by atoms with van der Waals surface area (Å²) in [6, 6.07) is 34.1. The van der Waals surface area contributed by atoms with E-state index >= 15 is 0 Å². The number of benzene rings is 4. The molecule has 0 atom stereocenters. The zero-order valence-corrected chi connectivity index (χ0v) is 24.4. The van der Waals surface area contributed by atoms with Gasteiger partial charge in [-0.25, -0.2) is 0 Å². The molecule has 40 heavy (non-hydrogen) atoms. The lowest BCUT2D eigenvalue weighted by Crippen LogP contribution is -2.16. The van der Waals surface area contributed by atoms with Gasteiger partial charge in [0.2, 0.25) is 0 Å². The summed E-state index contributed by atoms with van der Waals surface area (Å²) in [5.74, 6) is 0. The fourth-order valence-corrected chi connectivity index (χ4v) is 6.05. The van der Waals surface area contributed by atoms with Gasteiger partial charge in [-0.3, -0.25) is 4.99 Å². The summed E-state index contributed by atoms with van der Waals surface area (Å²) in [5, 5.41) is 2.54. The average Bonchev–Trinajstić information content (AvgIpc) is 3.35.